The Kier molecular flexibility index (Phi) is 4.53. The number of piperidine rings is 1. The summed E-state index contributed by atoms with van der Waals surface area (Å²) in [6, 6.07) is 11.6. The molecular formula is C24H25FN2O3. The molecule has 2 amide bonds. The Morgan fingerprint density at radius 2 is 2.10 bits per heavy atom. The van der Waals surface area contributed by atoms with Gasteiger partial charge in [-0.25, -0.2) is 4.39 Å². The Labute approximate surface area is 175 Å². The Bertz CT molecular complexity index is 1020. The first-order chi connectivity index (χ1) is 14.4. The average molecular weight is 408 g/mol. The smallest absolute Gasteiger partial charge is 0.254 e. The molecule has 0 bridgehead atoms. The van der Waals surface area contributed by atoms with Crippen molar-refractivity contribution in [3.8, 4) is 5.75 Å². The molecule has 5 rings (SSSR count). The lowest BCUT2D eigenvalue weighted by molar-refractivity contribution is -0.120. The van der Waals surface area contributed by atoms with E-state index in [4.69, 9.17) is 4.74 Å². The van der Waals surface area contributed by atoms with Gasteiger partial charge >= 0.3 is 0 Å². The third-order valence-corrected chi connectivity index (χ3v) is 6.61. The number of nitrogens with zero attached hydrogens (tertiary/aromatic N) is 1. The number of hydrogen-bond donors (Lipinski definition) is 1. The van der Waals surface area contributed by atoms with E-state index in [0.29, 0.717) is 24.9 Å². The Morgan fingerprint density at radius 1 is 1.23 bits per heavy atom. The van der Waals surface area contributed by atoms with Gasteiger partial charge in [-0.2, -0.15) is 0 Å². The second-order valence-corrected chi connectivity index (χ2v) is 8.72. The quantitative estimate of drug-likeness (QED) is 0.823. The van der Waals surface area contributed by atoms with Crippen molar-refractivity contribution in [2.75, 3.05) is 6.54 Å². The van der Waals surface area contributed by atoms with E-state index >= 15 is 0 Å². The average Bonchev–Trinajstić information content (AvgIpc) is 3.28. The zero-order chi connectivity index (χ0) is 20.9. The van der Waals surface area contributed by atoms with Crippen molar-refractivity contribution in [3.05, 3.63) is 65.0 Å². The first-order valence-corrected chi connectivity index (χ1v) is 10.6. The van der Waals surface area contributed by atoms with Crippen molar-refractivity contribution in [1.29, 1.82) is 0 Å². The summed E-state index contributed by atoms with van der Waals surface area (Å²) < 4.78 is 19.9. The van der Waals surface area contributed by atoms with Crippen molar-refractivity contribution in [1.82, 2.24) is 10.2 Å². The number of carbonyl (C=O) groups excluding carboxylic acids is 2. The standard InChI is InChI=1S/C24H25FN2O3/c1-15-12-18-13-17(6-7-20(18)30-15)23(29)27-11-3-9-24(10-8-21(28)26-24)22(27)16-4-2-5-19(25)14-16/h2,4-7,13-15,22H,3,8-12H2,1H3,(H,26,28)/t15?,22-,24+/m1/s1. The summed E-state index contributed by atoms with van der Waals surface area (Å²) in [4.78, 5) is 27.6. The van der Waals surface area contributed by atoms with Crippen molar-refractivity contribution >= 4 is 11.8 Å². The maximum absolute atomic E-state index is 14.1. The van der Waals surface area contributed by atoms with Crippen LogP contribution in [0, 0.1) is 5.82 Å². The van der Waals surface area contributed by atoms with Crippen LogP contribution in [-0.4, -0.2) is 34.9 Å². The lowest BCUT2D eigenvalue weighted by Gasteiger charge is -2.48. The molecule has 30 heavy (non-hydrogen) atoms. The minimum Gasteiger partial charge on any atom is -0.490 e. The van der Waals surface area contributed by atoms with Gasteiger partial charge in [0.2, 0.25) is 5.91 Å². The summed E-state index contributed by atoms with van der Waals surface area (Å²) in [7, 11) is 0. The van der Waals surface area contributed by atoms with Gasteiger partial charge < -0.3 is 15.0 Å². The summed E-state index contributed by atoms with van der Waals surface area (Å²) in [6.07, 6.45) is 3.54. The van der Waals surface area contributed by atoms with E-state index in [1.54, 1.807) is 12.1 Å². The molecule has 2 fully saturated rings. The van der Waals surface area contributed by atoms with E-state index in [9.17, 15) is 14.0 Å². The molecule has 2 aromatic carbocycles. The molecule has 0 saturated carbocycles. The summed E-state index contributed by atoms with van der Waals surface area (Å²) in [6.45, 7) is 2.58. The predicted molar refractivity (Wildman–Crippen MR) is 110 cm³/mol. The van der Waals surface area contributed by atoms with Gasteiger partial charge in [-0.1, -0.05) is 12.1 Å². The lowest BCUT2D eigenvalue weighted by atomic mass is 9.76. The lowest BCUT2D eigenvalue weighted by Crippen LogP contribution is -2.58. The van der Waals surface area contributed by atoms with Crippen LogP contribution < -0.4 is 10.1 Å². The molecule has 1 unspecified atom stereocenters. The molecule has 0 aromatic heterocycles. The number of rotatable bonds is 2. The molecule has 0 aliphatic carbocycles. The van der Waals surface area contributed by atoms with Gasteiger partial charge in [0.05, 0.1) is 11.6 Å². The highest BCUT2D eigenvalue weighted by Crippen LogP contribution is 2.45. The molecular weight excluding hydrogens is 383 g/mol. The van der Waals surface area contributed by atoms with Crippen molar-refractivity contribution in [2.24, 2.45) is 0 Å². The van der Waals surface area contributed by atoms with E-state index < -0.39 is 11.6 Å². The zero-order valence-corrected chi connectivity index (χ0v) is 17.0. The molecule has 3 heterocycles. The predicted octanol–water partition coefficient (Wildman–Crippen LogP) is 3.78. The molecule has 3 aliphatic heterocycles. The van der Waals surface area contributed by atoms with Crippen molar-refractivity contribution < 1.29 is 18.7 Å². The number of likely N-dealkylation sites (tertiary alicyclic amines) is 1. The summed E-state index contributed by atoms with van der Waals surface area (Å²) >= 11 is 0. The number of nitrogens with one attached hydrogen (secondary N) is 1. The van der Waals surface area contributed by atoms with Crippen LogP contribution in [-0.2, 0) is 11.2 Å². The number of fused-ring (bicyclic) bond motifs is 1. The van der Waals surface area contributed by atoms with Crippen LogP contribution in [0.3, 0.4) is 0 Å². The highest BCUT2D eigenvalue weighted by atomic mass is 19.1. The fourth-order valence-corrected chi connectivity index (χ4v) is 5.38. The molecule has 1 N–H and O–H groups in total. The van der Waals surface area contributed by atoms with Crippen LogP contribution >= 0.6 is 0 Å². The number of hydrogen-bond acceptors (Lipinski definition) is 3. The fourth-order valence-electron chi connectivity index (χ4n) is 5.38. The largest absolute Gasteiger partial charge is 0.490 e. The number of halogens is 1. The molecule has 2 saturated heterocycles. The fraction of sp³-hybridized carbons (Fsp3) is 0.417. The summed E-state index contributed by atoms with van der Waals surface area (Å²) in [5.74, 6) is 0.397. The number of benzene rings is 2. The van der Waals surface area contributed by atoms with Gasteiger partial charge in [-0.05, 0) is 67.6 Å². The van der Waals surface area contributed by atoms with E-state index in [0.717, 1.165) is 36.1 Å². The molecule has 2 aromatic rings. The van der Waals surface area contributed by atoms with Gasteiger partial charge in [-0.3, -0.25) is 9.59 Å². The maximum atomic E-state index is 14.1. The van der Waals surface area contributed by atoms with Crippen LogP contribution in [0.2, 0.25) is 0 Å². The van der Waals surface area contributed by atoms with Crippen LogP contribution in [0.25, 0.3) is 0 Å². The number of amides is 2. The second-order valence-electron chi connectivity index (χ2n) is 8.72. The maximum Gasteiger partial charge on any atom is 0.254 e. The molecule has 156 valence electrons. The number of carbonyl (C=O) groups is 2. The zero-order valence-electron chi connectivity index (χ0n) is 17.0. The van der Waals surface area contributed by atoms with E-state index in [-0.39, 0.29) is 23.7 Å². The van der Waals surface area contributed by atoms with E-state index in [1.165, 1.54) is 12.1 Å². The van der Waals surface area contributed by atoms with Gasteiger partial charge in [0.1, 0.15) is 17.7 Å². The Morgan fingerprint density at radius 3 is 2.87 bits per heavy atom. The normalized spacial score (nSPS) is 27.7. The highest BCUT2D eigenvalue weighted by Gasteiger charge is 2.51. The third-order valence-electron chi connectivity index (χ3n) is 6.61. The molecule has 1 spiro atoms. The van der Waals surface area contributed by atoms with Gasteiger partial charge in [0, 0.05) is 24.9 Å². The van der Waals surface area contributed by atoms with Crippen LogP contribution in [0.15, 0.2) is 42.5 Å². The first-order valence-electron chi connectivity index (χ1n) is 10.6. The monoisotopic (exact) mass is 408 g/mol. The summed E-state index contributed by atoms with van der Waals surface area (Å²) in [5, 5.41) is 3.15. The Balaban J connectivity index is 1.55. The van der Waals surface area contributed by atoms with Crippen molar-refractivity contribution in [3.63, 3.8) is 0 Å². The SMILES string of the molecule is CC1Cc2cc(C(=O)N3CCC[C@]4(CCC(=O)N4)[C@H]3c3cccc(F)c3)ccc2O1. The first kappa shape index (κ1) is 19.1. The minimum absolute atomic E-state index is 0.00521. The Hall–Kier alpha value is -2.89. The van der Waals surface area contributed by atoms with E-state index in [1.807, 2.05) is 30.0 Å². The summed E-state index contributed by atoms with van der Waals surface area (Å²) in [5.41, 5.74) is 1.82. The minimum atomic E-state index is -0.548. The molecule has 3 aliphatic rings. The third kappa shape index (κ3) is 3.15. The topological polar surface area (TPSA) is 58.6 Å². The number of ether oxygens (including phenoxy) is 1. The van der Waals surface area contributed by atoms with Gasteiger partial charge in [-0.15, -0.1) is 0 Å². The van der Waals surface area contributed by atoms with Crippen LogP contribution in [0.5, 0.6) is 5.75 Å². The second kappa shape index (κ2) is 7.11. The van der Waals surface area contributed by atoms with Gasteiger partial charge in [0.15, 0.2) is 0 Å². The van der Waals surface area contributed by atoms with Crippen LogP contribution in [0.4, 0.5) is 4.39 Å². The van der Waals surface area contributed by atoms with Gasteiger partial charge in [0.25, 0.3) is 5.91 Å². The van der Waals surface area contributed by atoms with Crippen molar-refractivity contribution in [2.45, 2.75) is 56.7 Å². The highest BCUT2D eigenvalue weighted by molar-refractivity contribution is 5.95. The molecule has 3 atom stereocenters. The van der Waals surface area contributed by atoms with E-state index in [2.05, 4.69) is 5.32 Å². The van der Waals surface area contributed by atoms with Crippen LogP contribution in [0.1, 0.15) is 60.1 Å². The molecule has 0 radical (unpaired) electrons. The molecule has 5 nitrogen and oxygen atoms in total. The molecule has 6 heteroatoms.